The minimum absolute atomic E-state index is 0.120. The highest BCUT2D eigenvalue weighted by atomic mass is 79.9. The predicted octanol–water partition coefficient (Wildman–Crippen LogP) is 3.75. The van der Waals surface area contributed by atoms with E-state index in [1.165, 1.54) is 22.2 Å². The van der Waals surface area contributed by atoms with E-state index >= 15 is 0 Å². The van der Waals surface area contributed by atoms with Crippen LogP contribution in [0.1, 0.15) is 0 Å². The normalized spacial score (nSPS) is 11.1. The maximum Gasteiger partial charge on any atom is 0.275 e. The maximum absolute atomic E-state index is 12.9. The zero-order valence-electron chi connectivity index (χ0n) is 12.9. The molecule has 0 spiro atoms. The quantitative estimate of drug-likeness (QED) is 0.515. The first-order chi connectivity index (χ1) is 12.2. The van der Waals surface area contributed by atoms with E-state index in [-0.39, 0.29) is 5.56 Å². The third-order valence-corrected chi connectivity index (χ3v) is 5.30. The van der Waals surface area contributed by atoms with Gasteiger partial charge in [0.15, 0.2) is 0 Å². The Labute approximate surface area is 155 Å². The molecule has 0 saturated carbocycles. The van der Waals surface area contributed by atoms with Gasteiger partial charge in [-0.2, -0.15) is 0 Å². The fourth-order valence-electron chi connectivity index (χ4n) is 2.55. The van der Waals surface area contributed by atoms with Crippen molar-refractivity contribution in [3.63, 3.8) is 0 Å². The topological polar surface area (TPSA) is 72.7 Å². The van der Waals surface area contributed by atoms with Gasteiger partial charge in [-0.3, -0.25) is 9.36 Å². The average Bonchev–Trinajstić information content (AvgIpc) is 3.01. The van der Waals surface area contributed by atoms with Gasteiger partial charge in [-0.1, -0.05) is 22.0 Å². The third kappa shape index (κ3) is 2.73. The van der Waals surface area contributed by atoms with Crippen molar-refractivity contribution in [1.82, 2.24) is 19.5 Å². The number of rotatable bonds is 4. The summed E-state index contributed by atoms with van der Waals surface area (Å²) in [6.07, 6.45) is 4.77. The molecule has 0 radical (unpaired) electrons. The van der Waals surface area contributed by atoms with Crippen molar-refractivity contribution in [3.8, 4) is 5.69 Å². The lowest BCUT2D eigenvalue weighted by Gasteiger charge is -2.06. The van der Waals surface area contributed by atoms with Crippen LogP contribution in [0.5, 0.6) is 0 Å². The van der Waals surface area contributed by atoms with Crippen LogP contribution in [0.25, 0.3) is 26.1 Å². The molecule has 0 atom stereocenters. The van der Waals surface area contributed by atoms with E-state index in [4.69, 9.17) is 0 Å². The lowest BCUT2D eigenvalue weighted by Crippen LogP contribution is -2.17. The maximum atomic E-state index is 12.9. The van der Waals surface area contributed by atoms with Crippen LogP contribution in [0.2, 0.25) is 0 Å². The molecule has 4 aromatic rings. The monoisotopic (exact) mass is 413 g/mol. The standard InChI is InChI=1S/C17H12BrN5OS/c1-2-7-19-15-12-13-14(25-16(12)21-8-20-15)17(24)23(9-22-13)11-5-3-10(18)4-6-11/h2-6,8-9H,1,7H2,(H,19,20,21). The molecule has 0 amide bonds. The molecule has 124 valence electrons. The Morgan fingerprint density at radius 3 is 2.80 bits per heavy atom. The van der Waals surface area contributed by atoms with Crippen molar-refractivity contribution in [2.45, 2.75) is 0 Å². The SMILES string of the molecule is C=CCNc1ncnc2sc3c(=O)n(-c4ccc(Br)cc4)cnc3c12. The average molecular weight is 414 g/mol. The van der Waals surface area contributed by atoms with Crippen molar-refractivity contribution in [2.75, 3.05) is 11.9 Å². The lowest BCUT2D eigenvalue weighted by atomic mass is 10.3. The van der Waals surface area contributed by atoms with Crippen LogP contribution in [0, 0.1) is 0 Å². The molecule has 8 heteroatoms. The summed E-state index contributed by atoms with van der Waals surface area (Å²) in [6.45, 7) is 4.26. The van der Waals surface area contributed by atoms with Crippen molar-refractivity contribution >= 4 is 53.5 Å². The van der Waals surface area contributed by atoms with Gasteiger partial charge in [-0.05, 0) is 24.3 Å². The van der Waals surface area contributed by atoms with Crippen LogP contribution in [0.15, 0.2) is 58.8 Å². The van der Waals surface area contributed by atoms with Crippen LogP contribution in [0.4, 0.5) is 5.82 Å². The number of hydrogen-bond donors (Lipinski definition) is 1. The second-order valence-electron chi connectivity index (χ2n) is 5.25. The number of nitrogens with zero attached hydrogens (tertiary/aromatic N) is 4. The molecule has 0 bridgehead atoms. The number of benzene rings is 1. The van der Waals surface area contributed by atoms with Crippen LogP contribution in [-0.4, -0.2) is 26.1 Å². The number of hydrogen-bond acceptors (Lipinski definition) is 6. The Morgan fingerprint density at radius 1 is 1.24 bits per heavy atom. The van der Waals surface area contributed by atoms with Gasteiger partial charge in [-0.25, -0.2) is 15.0 Å². The van der Waals surface area contributed by atoms with Crippen LogP contribution >= 0.6 is 27.3 Å². The van der Waals surface area contributed by atoms with E-state index in [0.29, 0.717) is 22.6 Å². The zero-order valence-corrected chi connectivity index (χ0v) is 15.3. The van der Waals surface area contributed by atoms with Gasteiger partial charge < -0.3 is 5.32 Å². The summed E-state index contributed by atoms with van der Waals surface area (Å²) >= 11 is 4.72. The number of aromatic nitrogens is 4. The molecule has 0 fully saturated rings. The van der Waals surface area contributed by atoms with Crippen molar-refractivity contribution in [3.05, 3.63) is 64.4 Å². The molecular weight excluding hydrogens is 402 g/mol. The molecule has 6 nitrogen and oxygen atoms in total. The van der Waals surface area contributed by atoms with E-state index in [9.17, 15) is 4.79 Å². The molecule has 3 aromatic heterocycles. The molecule has 0 aliphatic rings. The molecule has 0 aliphatic carbocycles. The van der Waals surface area contributed by atoms with E-state index in [0.717, 1.165) is 20.4 Å². The highest BCUT2D eigenvalue weighted by Gasteiger charge is 2.16. The van der Waals surface area contributed by atoms with Gasteiger partial charge in [-0.15, -0.1) is 17.9 Å². The van der Waals surface area contributed by atoms with E-state index in [1.807, 2.05) is 24.3 Å². The summed E-state index contributed by atoms with van der Waals surface area (Å²) < 4.78 is 3.05. The van der Waals surface area contributed by atoms with Crippen molar-refractivity contribution in [2.24, 2.45) is 0 Å². The van der Waals surface area contributed by atoms with E-state index in [2.05, 4.69) is 42.8 Å². The Kier molecular flexibility index (Phi) is 4.06. The van der Waals surface area contributed by atoms with Gasteiger partial charge in [0.1, 0.15) is 33.5 Å². The minimum Gasteiger partial charge on any atom is -0.366 e. The van der Waals surface area contributed by atoms with Crippen molar-refractivity contribution < 1.29 is 0 Å². The second kappa shape index (κ2) is 6.38. The summed E-state index contributed by atoms with van der Waals surface area (Å²) in [6, 6.07) is 7.51. The smallest absolute Gasteiger partial charge is 0.275 e. The molecule has 3 heterocycles. The van der Waals surface area contributed by atoms with Crippen LogP contribution in [-0.2, 0) is 0 Å². The summed E-state index contributed by atoms with van der Waals surface area (Å²) in [7, 11) is 0. The molecule has 0 aliphatic heterocycles. The first kappa shape index (κ1) is 15.9. The number of fused-ring (bicyclic) bond motifs is 3. The number of nitrogens with one attached hydrogen (secondary N) is 1. The van der Waals surface area contributed by atoms with Gasteiger partial charge in [0.05, 0.1) is 11.1 Å². The molecule has 0 saturated heterocycles. The molecule has 0 unspecified atom stereocenters. The fraction of sp³-hybridized carbons (Fsp3) is 0.0588. The van der Waals surface area contributed by atoms with Gasteiger partial charge in [0.25, 0.3) is 5.56 Å². The zero-order chi connectivity index (χ0) is 17.4. The van der Waals surface area contributed by atoms with Crippen LogP contribution in [0.3, 0.4) is 0 Å². The summed E-state index contributed by atoms with van der Waals surface area (Å²) in [5.41, 5.74) is 1.26. The number of thiophene rings is 1. The number of anilines is 1. The number of halogens is 1. The lowest BCUT2D eigenvalue weighted by molar-refractivity contribution is 0.967. The second-order valence-corrected chi connectivity index (χ2v) is 7.16. The minimum atomic E-state index is -0.120. The van der Waals surface area contributed by atoms with Gasteiger partial charge in [0.2, 0.25) is 0 Å². The highest BCUT2D eigenvalue weighted by molar-refractivity contribution is 9.10. The Balaban J connectivity index is 1.96. The first-order valence-corrected chi connectivity index (χ1v) is 9.05. The van der Waals surface area contributed by atoms with Gasteiger partial charge in [0, 0.05) is 11.0 Å². The van der Waals surface area contributed by atoms with E-state index in [1.54, 1.807) is 12.4 Å². The van der Waals surface area contributed by atoms with E-state index < -0.39 is 0 Å². The van der Waals surface area contributed by atoms with Crippen molar-refractivity contribution in [1.29, 1.82) is 0 Å². The largest absolute Gasteiger partial charge is 0.366 e. The fourth-order valence-corrected chi connectivity index (χ4v) is 3.84. The Morgan fingerprint density at radius 2 is 2.04 bits per heavy atom. The predicted molar refractivity (Wildman–Crippen MR) is 105 cm³/mol. The molecule has 1 N–H and O–H groups in total. The van der Waals surface area contributed by atoms with Crippen LogP contribution < -0.4 is 10.9 Å². The third-order valence-electron chi connectivity index (χ3n) is 3.70. The first-order valence-electron chi connectivity index (χ1n) is 7.44. The molecule has 25 heavy (non-hydrogen) atoms. The summed E-state index contributed by atoms with van der Waals surface area (Å²) in [5.74, 6) is 0.657. The summed E-state index contributed by atoms with van der Waals surface area (Å²) in [5, 5.41) is 3.94. The Bertz CT molecular complexity index is 1150. The summed E-state index contributed by atoms with van der Waals surface area (Å²) in [4.78, 5) is 26.7. The molecular formula is C17H12BrN5OS. The Hall–Kier alpha value is -2.58. The highest BCUT2D eigenvalue weighted by Crippen LogP contribution is 2.32. The molecule has 1 aromatic carbocycles. The van der Waals surface area contributed by atoms with Gasteiger partial charge >= 0.3 is 0 Å². The molecule has 4 rings (SSSR count).